The number of aromatic hydroxyl groups is 3. The van der Waals surface area contributed by atoms with Crippen molar-refractivity contribution in [3.8, 4) is 17.2 Å². The Morgan fingerprint density at radius 1 is 1.04 bits per heavy atom. The van der Waals surface area contributed by atoms with Crippen LogP contribution in [-0.4, -0.2) is 32.3 Å². The largest absolute Gasteiger partial charge is 0.504 e. The Balaban J connectivity index is 1.71. The average molecular weight is 359 g/mol. The lowest BCUT2D eigenvalue weighted by atomic mass is 10.2. The zero-order chi connectivity index (χ0) is 17.4. The topological polar surface area (TPSA) is 90.3 Å². The molecule has 25 heavy (non-hydrogen) atoms. The third-order valence-electron chi connectivity index (χ3n) is 4.80. The molecule has 0 radical (unpaired) electrons. The molecule has 6 nitrogen and oxygen atoms in total. The molecule has 1 aromatic heterocycles. The van der Waals surface area contributed by atoms with Crippen LogP contribution < -0.4 is 4.80 Å². The van der Waals surface area contributed by atoms with E-state index in [4.69, 9.17) is 4.99 Å². The fourth-order valence-electron chi connectivity index (χ4n) is 3.17. The number of benzene rings is 1. The molecule has 2 fully saturated rings. The van der Waals surface area contributed by atoms with Gasteiger partial charge in [-0.05, 0) is 37.8 Å². The standard InChI is InChI=1S/C18H21N3O3S/c22-15-8-7-12(16(23)17(15)24)9-19-21-14(11-5-6-11)10-25-18(21)20-13-3-1-2-4-13/h7-11,13,22-24H,1-6H2. The number of nitrogens with zero attached hydrogens (tertiary/aromatic N) is 3. The van der Waals surface area contributed by atoms with Crippen LogP contribution in [0.3, 0.4) is 0 Å². The maximum absolute atomic E-state index is 9.97. The van der Waals surface area contributed by atoms with Gasteiger partial charge in [-0.25, -0.2) is 4.68 Å². The third kappa shape index (κ3) is 3.28. The first-order valence-electron chi connectivity index (χ1n) is 8.66. The van der Waals surface area contributed by atoms with Gasteiger partial charge in [0, 0.05) is 16.9 Å². The van der Waals surface area contributed by atoms with Gasteiger partial charge in [0.05, 0.1) is 18.0 Å². The lowest BCUT2D eigenvalue weighted by Gasteiger charge is -2.05. The molecule has 1 heterocycles. The summed E-state index contributed by atoms with van der Waals surface area (Å²) in [7, 11) is 0. The zero-order valence-electron chi connectivity index (χ0n) is 13.8. The minimum absolute atomic E-state index is 0.350. The maximum Gasteiger partial charge on any atom is 0.206 e. The molecule has 0 unspecified atom stereocenters. The highest BCUT2D eigenvalue weighted by molar-refractivity contribution is 7.07. The summed E-state index contributed by atoms with van der Waals surface area (Å²) in [6.45, 7) is 0. The molecule has 132 valence electrons. The molecule has 1 aromatic carbocycles. The van der Waals surface area contributed by atoms with Crippen molar-refractivity contribution in [2.75, 3.05) is 0 Å². The maximum atomic E-state index is 9.97. The molecule has 2 saturated carbocycles. The Bertz CT molecular complexity index is 874. The average Bonchev–Trinajstić information content (AvgIpc) is 3.18. The van der Waals surface area contributed by atoms with Gasteiger partial charge in [0.2, 0.25) is 10.6 Å². The van der Waals surface area contributed by atoms with Crippen LogP contribution in [0.25, 0.3) is 0 Å². The van der Waals surface area contributed by atoms with Crippen LogP contribution >= 0.6 is 11.3 Å². The molecular formula is C18H21N3O3S. The number of phenolic OH excluding ortho intramolecular Hbond substituents is 3. The summed E-state index contributed by atoms with van der Waals surface area (Å²) >= 11 is 1.61. The Kier molecular flexibility index (Phi) is 4.25. The van der Waals surface area contributed by atoms with Crippen molar-refractivity contribution in [3.63, 3.8) is 0 Å². The SMILES string of the molecule is Oc1ccc(C=Nn2c(C3CC3)csc2=NC2CCCC2)c(O)c1O. The van der Waals surface area contributed by atoms with E-state index in [1.807, 2.05) is 4.68 Å². The minimum Gasteiger partial charge on any atom is -0.504 e. The van der Waals surface area contributed by atoms with Crippen LogP contribution in [0.5, 0.6) is 17.2 Å². The van der Waals surface area contributed by atoms with Gasteiger partial charge in [-0.3, -0.25) is 4.99 Å². The van der Waals surface area contributed by atoms with Gasteiger partial charge in [0.15, 0.2) is 11.5 Å². The van der Waals surface area contributed by atoms with Crippen molar-refractivity contribution >= 4 is 17.6 Å². The van der Waals surface area contributed by atoms with Gasteiger partial charge < -0.3 is 15.3 Å². The first-order valence-corrected chi connectivity index (χ1v) is 9.54. The van der Waals surface area contributed by atoms with Crippen LogP contribution in [0.1, 0.15) is 55.7 Å². The van der Waals surface area contributed by atoms with Gasteiger partial charge in [0.25, 0.3) is 0 Å². The predicted molar refractivity (Wildman–Crippen MR) is 96.5 cm³/mol. The van der Waals surface area contributed by atoms with Crippen molar-refractivity contribution in [2.45, 2.75) is 50.5 Å². The minimum atomic E-state index is -0.530. The molecule has 3 N–H and O–H groups in total. The van der Waals surface area contributed by atoms with E-state index in [-0.39, 0.29) is 11.5 Å². The molecule has 0 saturated heterocycles. The predicted octanol–water partition coefficient (Wildman–Crippen LogP) is 3.27. The Morgan fingerprint density at radius 3 is 2.52 bits per heavy atom. The lowest BCUT2D eigenvalue weighted by Crippen LogP contribution is -2.16. The normalized spacial score (nSPS) is 19.3. The molecule has 0 aliphatic heterocycles. The van der Waals surface area contributed by atoms with Crippen LogP contribution in [0.4, 0.5) is 0 Å². The fraction of sp³-hybridized carbons (Fsp3) is 0.444. The summed E-state index contributed by atoms with van der Waals surface area (Å²) in [4.78, 5) is 5.75. The van der Waals surface area contributed by atoms with Crippen molar-refractivity contribution < 1.29 is 15.3 Å². The number of thiazole rings is 1. The molecule has 7 heteroatoms. The molecular weight excluding hydrogens is 338 g/mol. The number of rotatable bonds is 4. The van der Waals surface area contributed by atoms with E-state index < -0.39 is 5.75 Å². The van der Waals surface area contributed by atoms with Crippen molar-refractivity contribution in [3.05, 3.63) is 33.6 Å². The van der Waals surface area contributed by atoms with Gasteiger partial charge in [-0.1, -0.05) is 12.8 Å². The molecule has 2 aliphatic rings. The van der Waals surface area contributed by atoms with Crippen LogP contribution in [0.15, 0.2) is 27.6 Å². The molecule has 0 spiro atoms. The van der Waals surface area contributed by atoms with E-state index in [0.717, 1.165) is 23.3 Å². The number of phenols is 3. The summed E-state index contributed by atoms with van der Waals surface area (Å²) in [5.41, 5.74) is 1.50. The second-order valence-electron chi connectivity index (χ2n) is 6.71. The zero-order valence-corrected chi connectivity index (χ0v) is 14.6. The van der Waals surface area contributed by atoms with Crippen molar-refractivity contribution in [1.82, 2.24) is 4.68 Å². The van der Waals surface area contributed by atoms with Crippen LogP contribution in [-0.2, 0) is 0 Å². The van der Waals surface area contributed by atoms with Crippen LogP contribution in [0, 0.1) is 0 Å². The quantitative estimate of drug-likeness (QED) is 0.578. The molecule has 2 aromatic rings. The van der Waals surface area contributed by atoms with E-state index >= 15 is 0 Å². The second kappa shape index (κ2) is 6.55. The summed E-state index contributed by atoms with van der Waals surface area (Å²) in [6.07, 6.45) is 8.57. The van der Waals surface area contributed by atoms with Crippen molar-refractivity contribution in [1.29, 1.82) is 0 Å². The van der Waals surface area contributed by atoms with Gasteiger partial charge in [-0.2, -0.15) is 5.10 Å². The van der Waals surface area contributed by atoms with Gasteiger partial charge >= 0.3 is 0 Å². The monoisotopic (exact) mass is 359 g/mol. The van der Waals surface area contributed by atoms with Crippen LogP contribution in [0.2, 0.25) is 0 Å². The highest BCUT2D eigenvalue weighted by atomic mass is 32.1. The lowest BCUT2D eigenvalue weighted by molar-refractivity contribution is 0.367. The third-order valence-corrected chi connectivity index (χ3v) is 5.65. The highest BCUT2D eigenvalue weighted by Crippen LogP contribution is 2.40. The first kappa shape index (κ1) is 16.2. The Labute approximate surface area is 149 Å². The Morgan fingerprint density at radius 2 is 1.80 bits per heavy atom. The summed E-state index contributed by atoms with van der Waals surface area (Å²) in [5.74, 6) is -0.726. The van der Waals surface area contributed by atoms with E-state index in [9.17, 15) is 15.3 Å². The van der Waals surface area contributed by atoms with E-state index in [1.54, 1.807) is 11.3 Å². The summed E-state index contributed by atoms with van der Waals surface area (Å²) in [5, 5.41) is 35.7. The van der Waals surface area contributed by atoms with E-state index in [1.165, 1.54) is 44.0 Å². The van der Waals surface area contributed by atoms with Crippen molar-refractivity contribution in [2.24, 2.45) is 10.1 Å². The summed E-state index contributed by atoms with van der Waals surface area (Å²) in [6, 6.07) is 3.23. The first-order chi connectivity index (χ1) is 12.1. The molecule has 0 amide bonds. The second-order valence-corrected chi connectivity index (χ2v) is 7.55. The summed E-state index contributed by atoms with van der Waals surface area (Å²) < 4.78 is 1.87. The molecule has 0 bridgehead atoms. The number of aromatic nitrogens is 1. The van der Waals surface area contributed by atoms with E-state index in [2.05, 4.69) is 10.5 Å². The van der Waals surface area contributed by atoms with Gasteiger partial charge in [0.1, 0.15) is 0 Å². The molecule has 4 rings (SSSR count). The van der Waals surface area contributed by atoms with Gasteiger partial charge in [-0.15, -0.1) is 11.3 Å². The van der Waals surface area contributed by atoms with E-state index in [0.29, 0.717) is 17.5 Å². The molecule has 0 atom stereocenters. The number of hydrogen-bond acceptors (Lipinski definition) is 6. The number of hydrogen-bond donors (Lipinski definition) is 3. The highest BCUT2D eigenvalue weighted by Gasteiger charge is 2.28. The fourth-order valence-corrected chi connectivity index (χ4v) is 4.15. The molecule has 2 aliphatic carbocycles. The Hall–Kier alpha value is -2.28. The smallest absolute Gasteiger partial charge is 0.206 e.